The minimum absolute atomic E-state index is 0.680. The van der Waals surface area contributed by atoms with Gasteiger partial charge in [-0.05, 0) is 26.6 Å². The summed E-state index contributed by atoms with van der Waals surface area (Å²) in [5, 5.41) is 13.0. The third-order valence-electron chi connectivity index (χ3n) is 4.21. The maximum Gasteiger partial charge on any atom is 0.117 e. The van der Waals surface area contributed by atoms with E-state index in [4.69, 9.17) is 10.2 Å². The highest BCUT2D eigenvalue weighted by Crippen LogP contribution is 2.20. The highest BCUT2D eigenvalue weighted by atomic mass is 15.5. The van der Waals surface area contributed by atoms with Gasteiger partial charge in [0.15, 0.2) is 0 Å². The van der Waals surface area contributed by atoms with Gasteiger partial charge in [0.25, 0.3) is 0 Å². The van der Waals surface area contributed by atoms with Gasteiger partial charge in [-0.3, -0.25) is 0 Å². The molecule has 5 nitrogen and oxygen atoms in total. The molecular formula is C21H27N5. The topological polar surface area (TPSA) is 46.0 Å². The van der Waals surface area contributed by atoms with Gasteiger partial charge in [-0.15, -0.1) is 0 Å². The van der Waals surface area contributed by atoms with Crippen LogP contribution in [0.4, 0.5) is 0 Å². The van der Waals surface area contributed by atoms with E-state index >= 15 is 0 Å². The fourth-order valence-corrected chi connectivity index (χ4v) is 2.88. The lowest BCUT2D eigenvalue weighted by Crippen LogP contribution is -2.26. The summed E-state index contributed by atoms with van der Waals surface area (Å²) in [4.78, 5) is 3.97. The number of aromatic nitrogens is 3. The van der Waals surface area contributed by atoms with Crippen LogP contribution in [-0.4, -0.2) is 47.1 Å². The summed E-state index contributed by atoms with van der Waals surface area (Å²) < 4.78 is 0. The molecule has 0 fully saturated rings. The van der Waals surface area contributed by atoms with Gasteiger partial charge >= 0.3 is 0 Å². The van der Waals surface area contributed by atoms with E-state index < -0.39 is 0 Å². The number of hydrogen-bond acceptors (Lipinski definition) is 4. The molecule has 0 atom stereocenters. The van der Waals surface area contributed by atoms with Crippen molar-refractivity contribution in [2.75, 3.05) is 27.2 Å². The van der Waals surface area contributed by atoms with Crippen LogP contribution >= 0.6 is 0 Å². The molecule has 3 aromatic rings. The zero-order valence-electron chi connectivity index (χ0n) is 15.8. The van der Waals surface area contributed by atoms with Crippen molar-refractivity contribution < 1.29 is 0 Å². The Labute approximate surface area is 155 Å². The summed E-state index contributed by atoms with van der Waals surface area (Å²) in [5.41, 5.74) is 5.51. The fourth-order valence-electron chi connectivity index (χ4n) is 2.88. The van der Waals surface area contributed by atoms with Crippen molar-refractivity contribution in [2.45, 2.75) is 20.0 Å². The van der Waals surface area contributed by atoms with Crippen LogP contribution in [0.25, 0.3) is 11.3 Å². The van der Waals surface area contributed by atoms with Gasteiger partial charge in [-0.2, -0.15) is 15.0 Å². The summed E-state index contributed by atoms with van der Waals surface area (Å²) in [6.07, 6.45) is 0. The molecule has 2 aromatic carbocycles. The number of nitrogens with zero attached hydrogens (tertiary/aromatic N) is 4. The molecule has 26 heavy (non-hydrogen) atoms. The first-order valence-corrected chi connectivity index (χ1v) is 9.02. The highest BCUT2D eigenvalue weighted by molar-refractivity contribution is 5.60. The average molecular weight is 349 g/mol. The second kappa shape index (κ2) is 8.74. The van der Waals surface area contributed by atoms with E-state index in [0.717, 1.165) is 30.0 Å². The third kappa shape index (κ3) is 5.00. The molecule has 0 spiro atoms. The van der Waals surface area contributed by atoms with Gasteiger partial charge in [0.2, 0.25) is 0 Å². The normalized spacial score (nSPS) is 11.2. The van der Waals surface area contributed by atoms with Gasteiger partial charge in [-0.25, -0.2) is 0 Å². The van der Waals surface area contributed by atoms with Crippen molar-refractivity contribution in [2.24, 2.45) is 0 Å². The van der Waals surface area contributed by atoms with E-state index in [0.29, 0.717) is 13.1 Å². The Morgan fingerprint density at radius 2 is 1.81 bits per heavy atom. The molecule has 0 aliphatic rings. The first-order chi connectivity index (χ1) is 12.6. The molecule has 0 unspecified atom stereocenters. The maximum absolute atomic E-state index is 4.77. The van der Waals surface area contributed by atoms with E-state index in [1.165, 1.54) is 11.1 Å². The minimum Gasteiger partial charge on any atom is -0.310 e. The third-order valence-corrected chi connectivity index (χ3v) is 4.21. The smallest absolute Gasteiger partial charge is 0.117 e. The number of hydrogen-bond donors (Lipinski definition) is 1. The zero-order valence-corrected chi connectivity index (χ0v) is 15.8. The van der Waals surface area contributed by atoms with Gasteiger partial charge in [-0.1, -0.05) is 60.2 Å². The van der Waals surface area contributed by atoms with Gasteiger partial charge in [0, 0.05) is 25.2 Å². The zero-order chi connectivity index (χ0) is 18.4. The van der Waals surface area contributed by atoms with E-state index in [9.17, 15) is 0 Å². The Morgan fingerprint density at radius 3 is 2.54 bits per heavy atom. The number of nitrogens with one attached hydrogen (secondary N) is 1. The molecule has 1 N–H and O–H groups in total. The van der Waals surface area contributed by atoms with Crippen LogP contribution in [-0.2, 0) is 13.1 Å². The Hall–Kier alpha value is -2.50. The lowest BCUT2D eigenvalue weighted by molar-refractivity contribution is 0.399. The molecule has 0 saturated heterocycles. The second-order valence-corrected chi connectivity index (χ2v) is 6.86. The van der Waals surface area contributed by atoms with Crippen molar-refractivity contribution in [1.82, 2.24) is 25.2 Å². The molecule has 0 aliphatic carbocycles. The summed E-state index contributed by atoms with van der Waals surface area (Å²) in [6.45, 7) is 5.42. The van der Waals surface area contributed by atoms with Crippen molar-refractivity contribution in [1.29, 1.82) is 0 Å². The van der Waals surface area contributed by atoms with Crippen molar-refractivity contribution in [3.05, 3.63) is 71.4 Å². The van der Waals surface area contributed by atoms with E-state index in [2.05, 4.69) is 67.6 Å². The van der Waals surface area contributed by atoms with Crippen LogP contribution in [0.15, 0.2) is 54.6 Å². The maximum atomic E-state index is 4.77. The molecular weight excluding hydrogens is 322 g/mol. The molecule has 5 heteroatoms. The number of likely N-dealkylation sites (N-methyl/N-ethyl adjacent to an activating group) is 1. The Morgan fingerprint density at radius 1 is 1.00 bits per heavy atom. The largest absolute Gasteiger partial charge is 0.310 e. The molecule has 136 valence electrons. The quantitative estimate of drug-likeness (QED) is 0.635. The summed E-state index contributed by atoms with van der Waals surface area (Å²) in [6, 6.07) is 18.8. The first-order valence-electron chi connectivity index (χ1n) is 9.02. The van der Waals surface area contributed by atoms with Crippen LogP contribution in [0.1, 0.15) is 16.8 Å². The van der Waals surface area contributed by atoms with E-state index in [1.54, 1.807) is 4.80 Å². The Bertz CT molecular complexity index is 823. The first kappa shape index (κ1) is 18.3. The molecule has 0 bridgehead atoms. The number of rotatable bonds is 8. The molecule has 1 aromatic heterocycles. The average Bonchev–Trinajstić information content (AvgIpc) is 3.02. The summed E-state index contributed by atoms with van der Waals surface area (Å²) >= 11 is 0. The number of benzene rings is 2. The Kier molecular flexibility index (Phi) is 6.15. The molecule has 0 amide bonds. The van der Waals surface area contributed by atoms with Crippen LogP contribution in [0.3, 0.4) is 0 Å². The molecule has 0 aliphatic heterocycles. The van der Waals surface area contributed by atoms with Crippen LogP contribution in [0.2, 0.25) is 0 Å². The predicted molar refractivity (Wildman–Crippen MR) is 106 cm³/mol. The van der Waals surface area contributed by atoms with Crippen LogP contribution in [0.5, 0.6) is 0 Å². The Balaban J connectivity index is 1.80. The van der Waals surface area contributed by atoms with Crippen LogP contribution < -0.4 is 5.32 Å². The van der Waals surface area contributed by atoms with E-state index in [-0.39, 0.29) is 0 Å². The summed E-state index contributed by atoms with van der Waals surface area (Å²) in [7, 11) is 4.16. The lowest BCUT2D eigenvalue weighted by atomic mass is 10.1. The number of aryl methyl sites for hydroxylation is 1. The predicted octanol–water partition coefficient (Wildman–Crippen LogP) is 2.95. The summed E-state index contributed by atoms with van der Waals surface area (Å²) in [5.74, 6) is 0. The van der Waals surface area contributed by atoms with Crippen molar-refractivity contribution in [3.8, 4) is 11.3 Å². The van der Waals surface area contributed by atoms with Gasteiger partial charge < -0.3 is 10.2 Å². The molecule has 1 heterocycles. The molecule has 0 radical (unpaired) electrons. The fraction of sp³-hybridized carbons (Fsp3) is 0.333. The van der Waals surface area contributed by atoms with Crippen LogP contribution in [0, 0.1) is 6.92 Å². The van der Waals surface area contributed by atoms with E-state index in [1.807, 2.05) is 18.2 Å². The molecule has 0 saturated carbocycles. The monoisotopic (exact) mass is 349 g/mol. The van der Waals surface area contributed by atoms with Crippen molar-refractivity contribution >= 4 is 0 Å². The van der Waals surface area contributed by atoms with Gasteiger partial charge in [0.05, 0.1) is 6.54 Å². The second-order valence-electron chi connectivity index (χ2n) is 6.86. The standard InChI is InChI=1S/C21H27N5/c1-17-8-7-9-18(14-17)16-26-23-20(15-22-12-13-25(2)3)21(24-26)19-10-5-4-6-11-19/h4-11,14,22H,12-13,15-16H2,1-3H3. The lowest BCUT2D eigenvalue weighted by Gasteiger charge is -2.09. The minimum atomic E-state index is 0.680. The highest BCUT2D eigenvalue weighted by Gasteiger charge is 2.13. The van der Waals surface area contributed by atoms with Crippen molar-refractivity contribution in [3.63, 3.8) is 0 Å². The van der Waals surface area contributed by atoms with Gasteiger partial charge in [0.1, 0.15) is 11.4 Å². The SMILES string of the molecule is Cc1cccc(Cn2nc(CNCCN(C)C)c(-c3ccccc3)n2)c1. The molecule has 3 rings (SSSR count).